The first kappa shape index (κ1) is 9.20. The van der Waals surface area contributed by atoms with Gasteiger partial charge in [0.2, 0.25) is 0 Å². The number of aromatic nitrogens is 2. The summed E-state index contributed by atoms with van der Waals surface area (Å²) in [5.74, 6) is 0. The number of nitrogens with two attached hydrogens (primary N) is 1. The van der Waals surface area contributed by atoms with Crippen molar-refractivity contribution in [2.24, 2.45) is 5.73 Å². The molecule has 1 aromatic heterocycles. The van der Waals surface area contributed by atoms with E-state index in [1.54, 1.807) is 0 Å². The Labute approximate surface area is 85.2 Å². The van der Waals surface area contributed by atoms with Crippen LogP contribution in [0.3, 0.4) is 0 Å². The second-order valence-corrected chi connectivity index (χ2v) is 3.16. The minimum Gasteiger partial charge on any atom is -0.331 e. The van der Waals surface area contributed by atoms with Crippen molar-refractivity contribution < 1.29 is 4.84 Å². The van der Waals surface area contributed by atoms with E-state index in [1.807, 2.05) is 18.2 Å². The van der Waals surface area contributed by atoms with Gasteiger partial charge in [-0.1, -0.05) is 0 Å². The molecule has 0 saturated heterocycles. The van der Waals surface area contributed by atoms with Crippen LogP contribution in [-0.4, -0.2) is 16.7 Å². The van der Waals surface area contributed by atoms with Gasteiger partial charge < -0.3 is 15.7 Å². The van der Waals surface area contributed by atoms with Gasteiger partial charge in [0, 0.05) is 0 Å². The zero-order chi connectivity index (χ0) is 9.97. The number of rotatable bonds is 3. The number of benzene rings is 1. The Morgan fingerprint density at radius 1 is 1.36 bits per heavy atom. The molecule has 0 aliphatic rings. The second kappa shape index (κ2) is 3.79. The van der Waals surface area contributed by atoms with Crippen LogP contribution in [0.4, 0.5) is 5.69 Å². The maximum absolute atomic E-state index is 5.18. The van der Waals surface area contributed by atoms with Crippen molar-refractivity contribution in [3.05, 3.63) is 23.0 Å². The largest absolute Gasteiger partial charge is 0.331 e. The summed E-state index contributed by atoms with van der Waals surface area (Å²) >= 11 is 4.96. The van der Waals surface area contributed by atoms with Gasteiger partial charge in [0.15, 0.2) is 4.77 Å². The highest BCUT2D eigenvalue weighted by Crippen LogP contribution is 2.15. The predicted octanol–water partition coefficient (Wildman–Crippen LogP) is 1.49. The smallest absolute Gasteiger partial charge is 0.175 e. The maximum Gasteiger partial charge on any atom is 0.175 e. The van der Waals surface area contributed by atoms with Crippen LogP contribution in [0.5, 0.6) is 0 Å². The lowest BCUT2D eigenvalue weighted by molar-refractivity contribution is 0.202. The molecule has 5 nitrogen and oxygen atoms in total. The molecule has 0 spiro atoms. The molecule has 1 heterocycles. The van der Waals surface area contributed by atoms with Gasteiger partial charge in [-0.2, -0.15) is 0 Å². The Kier molecular flexibility index (Phi) is 2.49. The number of fused-ring (bicyclic) bond motifs is 1. The van der Waals surface area contributed by atoms with E-state index in [0.29, 0.717) is 4.77 Å². The van der Waals surface area contributed by atoms with Crippen LogP contribution in [-0.2, 0) is 4.84 Å². The van der Waals surface area contributed by atoms with Gasteiger partial charge in [-0.3, -0.25) is 10.3 Å². The minimum absolute atomic E-state index is 0.126. The third-order valence-electron chi connectivity index (χ3n) is 1.79. The minimum atomic E-state index is 0.126. The fourth-order valence-corrected chi connectivity index (χ4v) is 1.44. The molecule has 5 N–H and O–H groups in total. The highest BCUT2D eigenvalue weighted by Gasteiger charge is 1.97. The number of hydrogen-bond acceptors (Lipinski definition) is 4. The normalized spacial score (nSPS) is 10.6. The van der Waals surface area contributed by atoms with Gasteiger partial charge in [-0.05, 0) is 30.4 Å². The van der Waals surface area contributed by atoms with Gasteiger partial charge in [-0.25, -0.2) is 0 Å². The number of nitrogens with one attached hydrogen (secondary N) is 3. The predicted molar refractivity (Wildman–Crippen MR) is 57.2 cm³/mol. The van der Waals surface area contributed by atoms with Crippen LogP contribution in [0.15, 0.2) is 18.2 Å². The lowest BCUT2D eigenvalue weighted by Gasteiger charge is -2.03. The molecule has 14 heavy (non-hydrogen) atoms. The first-order valence-corrected chi connectivity index (χ1v) is 4.50. The van der Waals surface area contributed by atoms with Crippen LogP contribution in [0.1, 0.15) is 0 Å². The van der Waals surface area contributed by atoms with Gasteiger partial charge in [0.1, 0.15) is 6.73 Å². The number of hydrogen-bond donors (Lipinski definition) is 4. The molecule has 0 unspecified atom stereocenters. The van der Waals surface area contributed by atoms with E-state index in [0.717, 1.165) is 16.7 Å². The molecule has 1 aromatic carbocycles. The van der Waals surface area contributed by atoms with E-state index >= 15 is 0 Å². The zero-order valence-corrected chi connectivity index (χ0v) is 8.15. The summed E-state index contributed by atoms with van der Waals surface area (Å²) in [6.07, 6.45) is 0. The average Bonchev–Trinajstić information content (AvgIpc) is 2.54. The standard InChI is InChI=1S/C8H10N4OS/c9-4-13-12-5-1-2-6-7(3-5)11-8(14)10-6/h1-3,12H,4,9H2,(H2,10,11,14). The molecule has 0 radical (unpaired) electrons. The molecule has 0 atom stereocenters. The van der Waals surface area contributed by atoms with E-state index in [-0.39, 0.29) is 6.73 Å². The third-order valence-corrected chi connectivity index (χ3v) is 1.99. The van der Waals surface area contributed by atoms with Gasteiger partial charge >= 0.3 is 0 Å². The fourth-order valence-electron chi connectivity index (χ4n) is 1.22. The number of anilines is 1. The molecular weight excluding hydrogens is 200 g/mol. The van der Waals surface area contributed by atoms with Crippen molar-refractivity contribution in [1.29, 1.82) is 0 Å². The fraction of sp³-hybridized carbons (Fsp3) is 0.125. The van der Waals surface area contributed by atoms with Crippen LogP contribution in [0, 0.1) is 4.77 Å². The molecule has 0 fully saturated rings. The summed E-state index contributed by atoms with van der Waals surface area (Å²) in [4.78, 5) is 10.9. The molecule has 0 amide bonds. The first-order chi connectivity index (χ1) is 6.79. The Hall–Kier alpha value is -1.37. The number of imidazole rings is 1. The second-order valence-electron chi connectivity index (χ2n) is 2.75. The summed E-state index contributed by atoms with van der Waals surface area (Å²) in [5.41, 5.74) is 10.6. The summed E-state index contributed by atoms with van der Waals surface area (Å²) in [6, 6.07) is 5.66. The van der Waals surface area contributed by atoms with E-state index < -0.39 is 0 Å². The monoisotopic (exact) mass is 210 g/mol. The molecule has 0 bridgehead atoms. The Morgan fingerprint density at radius 3 is 2.93 bits per heavy atom. The maximum atomic E-state index is 5.18. The topological polar surface area (TPSA) is 78.9 Å². The van der Waals surface area contributed by atoms with Crippen molar-refractivity contribution in [1.82, 2.24) is 9.97 Å². The highest BCUT2D eigenvalue weighted by atomic mass is 32.1. The molecule has 74 valence electrons. The quantitative estimate of drug-likeness (QED) is 0.351. The highest BCUT2D eigenvalue weighted by molar-refractivity contribution is 7.71. The summed E-state index contributed by atoms with van der Waals surface area (Å²) in [6.45, 7) is 0.126. The van der Waals surface area contributed by atoms with Crippen molar-refractivity contribution in [3.8, 4) is 0 Å². The average molecular weight is 210 g/mol. The van der Waals surface area contributed by atoms with Crippen LogP contribution < -0.4 is 11.2 Å². The van der Waals surface area contributed by atoms with Crippen molar-refractivity contribution in [3.63, 3.8) is 0 Å². The third kappa shape index (κ3) is 1.77. The molecular formula is C8H10N4OS. The van der Waals surface area contributed by atoms with Gasteiger partial charge in [-0.15, -0.1) is 0 Å². The summed E-state index contributed by atoms with van der Waals surface area (Å²) < 4.78 is 0.608. The number of aromatic amines is 2. The molecule has 2 rings (SSSR count). The van der Waals surface area contributed by atoms with Crippen molar-refractivity contribution in [2.75, 3.05) is 12.2 Å². The lowest BCUT2D eigenvalue weighted by Crippen LogP contribution is -2.09. The zero-order valence-electron chi connectivity index (χ0n) is 7.33. The Balaban J connectivity index is 2.35. The van der Waals surface area contributed by atoms with Crippen molar-refractivity contribution in [2.45, 2.75) is 0 Å². The number of H-pyrrole nitrogens is 2. The van der Waals surface area contributed by atoms with Gasteiger partial charge in [0.05, 0.1) is 16.7 Å². The summed E-state index contributed by atoms with van der Waals surface area (Å²) in [5, 5.41) is 0. The molecule has 2 aromatic rings. The molecule has 0 aliphatic carbocycles. The van der Waals surface area contributed by atoms with Gasteiger partial charge in [0.25, 0.3) is 0 Å². The molecule has 0 aliphatic heterocycles. The van der Waals surface area contributed by atoms with E-state index in [9.17, 15) is 0 Å². The summed E-state index contributed by atoms with van der Waals surface area (Å²) in [7, 11) is 0. The lowest BCUT2D eigenvalue weighted by atomic mass is 10.3. The van der Waals surface area contributed by atoms with Crippen molar-refractivity contribution >= 4 is 28.9 Å². The molecule has 0 saturated carbocycles. The van der Waals surface area contributed by atoms with E-state index in [1.165, 1.54) is 0 Å². The van der Waals surface area contributed by atoms with Crippen LogP contribution in [0.2, 0.25) is 0 Å². The first-order valence-electron chi connectivity index (χ1n) is 4.09. The SMILES string of the molecule is NCONc1ccc2[nH]c(=S)[nH]c2c1. The Bertz CT molecular complexity index is 489. The van der Waals surface area contributed by atoms with Crippen LogP contribution in [0.25, 0.3) is 11.0 Å². The van der Waals surface area contributed by atoms with E-state index in [4.69, 9.17) is 22.8 Å². The van der Waals surface area contributed by atoms with E-state index in [2.05, 4.69) is 15.4 Å². The molecule has 6 heteroatoms. The Morgan fingerprint density at radius 2 is 2.14 bits per heavy atom. The van der Waals surface area contributed by atoms with Crippen LogP contribution >= 0.6 is 12.2 Å².